The number of nitrogens with zero attached hydrogens (tertiary/aromatic N) is 3. The molecule has 8 nitrogen and oxygen atoms in total. The van der Waals surface area contributed by atoms with E-state index in [4.69, 9.17) is 10.5 Å². The van der Waals surface area contributed by atoms with Gasteiger partial charge in [-0.15, -0.1) is 0 Å². The van der Waals surface area contributed by atoms with Crippen LogP contribution < -0.4 is 15.2 Å². The first kappa shape index (κ1) is 22.4. The van der Waals surface area contributed by atoms with Crippen LogP contribution in [0.15, 0.2) is 67.1 Å². The zero-order valence-corrected chi connectivity index (χ0v) is 19.7. The van der Waals surface area contributed by atoms with Crippen LogP contribution in [0.4, 0.5) is 5.82 Å². The first-order valence-electron chi connectivity index (χ1n) is 11.2. The van der Waals surface area contributed by atoms with Crippen LogP contribution in [0.5, 0.6) is 5.75 Å². The zero-order chi connectivity index (χ0) is 23.7. The molecule has 2 aromatic carbocycles. The number of nitrogens with two attached hydrogens (primary N) is 1. The predicted octanol–water partition coefficient (Wildman–Crippen LogP) is 3.76. The van der Waals surface area contributed by atoms with Gasteiger partial charge in [0.1, 0.15) is 30.1 Å². The third kappa shape index (κ3) is 4.76. The number of nitrogens with one attached hydrogen (secondary N) is 1. The van der Waals surface area contributed by atoms with E-state index in [1.807, 2.05) is 54.6 Å². The molecule has 34 heavy (non-hydrogen) atoms. The van der Waals surface area contributed by atoms with Gasteiger partial charge in [0.2, 0.25) is 10.0 Å². The van der Waals surface area contributed by atoms with E-state index in [0.717, 1.165) is 46.3 Å². The number of hydrogen-bond acceptors (Lipinski definition) is 6. The third-order valence-electron chi connectivity index (χ3n) is 6.27. The predicted molar refractivity (Wildman–Crippen MR) is 133 cm³/mol. The molecule has 2 aromatic heterocycles. The minimum Gasteiger partial charge on any atom is -0.489 e. The molecule has 2 heterocycles. The maximum atomic E-state index is 11.4. The number of nitrogen functional groups attached to an aromatic ring is 1. The monoisotopic (exact) mass is 477 g/mol. The molecule has 0 unspecified atom stereocenters. The van der Waals surface area contributed by atoms with Crippen molar-refractivity contribution in [1.29, 1.82) is 0 Å². The van der Waals surface area contributed by atoms with Gasteiger partial charge in [0.05, 0.1) is 11.6 Å². The Kier molecular flexibility index (Phi) is 5.97. The lowest BCUT2D eigenvalue weighted by Gasteiger charge is -2.36. The SMILES string of the molecule is CS(=O)(=O)NCC1CC(n2cc(-c3cccc(OCc4ccccc4)c3)c3c(N)ncnc32)C1. The molecule has 1 aliphatic rings. The average molecular weight is 478 g/mol. The van der Waals surface area contributed by atoms with Crippen molar-refractivity contribution in [3.05, 3.63) is 72.7 Å². The van der Waals surface area contributed by atoms with Crippen LogP contribution in [-0.2, 0) is 16.6 Å². The standard InChI is InChI=1S/C25H27N5O3S/c1-34(31,32)29-13-18-10-20(11-18)30-14-22(23-24(26)27-16-28-25(23)30)19-8-5-9-21(12-19)33-15-17-6-3-2-4-7-17/h2-9,12,14,16,18,20,29H,10-11,13,15H2,1H3,(H2,26,27,28). The van der Waals surface area contributed by atoms with Crippen LogP contribution in [0.1, 0.15) is 24.4 Å². The van der Waals surface area contributed by atoms with E-state index in [1.165, 1.54) is 12.6 Å². The maximum absolute atomic E-state index is 11.4. The molecule has 0 saturated heterocycles. The van der Waals surface area contributed by atoms with Crippen molar-refractivity contribution in [3.8, 4) is 16.9 Å². The van der Waals surface area contributed by atoms with Crippen LogP contribution >= 0.6 is 0 Å². The summed E-state index contributed by atoms with van der Waals surface area (Å²) in [5.41, 5.74) is 10.1. The van der Waals surface area contributed by atoms with Crippen molar-refractivity contribution in [2.75, 3.05) is 18.5 Å². The fourth-order valence-electron chi connectivity index (χ4n) is 4.46. The summed E-state index contributed by atoms with van der Waals surface area (Å²) >= 11 is 0. The van der Waals surface area contributed by atoms with Gasteiger partial charge >= 0.3 is 0 Å². The Labute approximate surface area is 198 Å². The first-order valence-corrected chi connectivity index (χ1v) is 13.1. The van der Waals surface area contributed by atoms with Crippen molar-refractivity contribution in [2.24, 2.45) is 5.92 Å². The Morgan fingerprint density at radius 2 is 1.91 bits per heavy atom. The van der Waals surface area contributed by atoms with Crippen LogP contribution in [-0.4, -0.2) is 35.8 Å². The summed E-state index contributed by atoms with van der Waals surface area (Å²) < 4.78 is 33.6. The molecule has 1 fully saturated rings. The highest BCUT2D eigenvalue weighted by atomic mass is 32.2. The lowest BCUT2D eigenvalue weighted by Crippen LogP contribution is -2.36. The van der Waals surface area contributed by atoms with Crippen molar-refractivity contribution >= 4 is 26.9 Å². The summed E-state index contributed by atoms with van der Waals surface area (Å²) in [7, 11) is -3.18. The molecule has 0 amide bonds. The number of ether oxygens (including phenoxy) is 1. The summed E-state index contributed by atoms with van der Waals surface area (Å²) in [6.45, 7) is 0.946. The Morgan fingerprint density at radius 1 is 1.12 bits per heavy atom. The van der Waals surface area contributed by atoms with E-state index >= 15 is 0 Å². The lowest BCUT2D eigenvalue weighted by molar-refractivity contribution is 0.204. The number of aromatic nitrogens is 3. The molecule has 176 valence electrons. The Bertz CT molecular complexity index is 1410. The van der Waals surface area contributed by atoms with Gasteiger partial charge in [0, 0.05) is 24.3 Å². The second-order valence-corrected chi connectivity index (χ2v) is 10.7. The van der Waals surface area contributed by atoms with Gasteiger partial charge in [-0.3, -0.25) is 0 Å². The van der Waals surface area contributed by atoms with Gasteiger partial charge < -0.3 is 15.0 Å². The number of fused-ring (bicyclic) bond motifs is 1. The normalized spacial score (nSPS) is 18.0. The molecular weight excluding hydrogens is 450 g/mol. The highest BCUT2D eigenvalue weighted by Crippen LogP contribution is 2.43. The van der Waals surface area contributed by atoms with Crippen LogP contribution in [0.3, 0.4) is 0 Å². The summed E-state index contributed by atoms with van der Waals surface area (Å²) in [6, 6.07) is 18.2. The Morgan fingerprint density at radius 3 is 2.68 bits per heavy atom. The molecular formula is C25H27N5O3S. The summed E-state index contributed by atoms with van der Waals surface area (Å²) in [5, 5.41) is 0.820. The largest absolute Gasteiger partial charge is 0.489 e. The highest BCUT2D eigenvalue weighted by molar-refractivity contribution is 7.88. The van der Waals surface area contributed by atoms with Crippen molar-refractivity contribution in [2.45, 2.75) is 25.5 Å². The molecule has 1 saturated carbocycles. The second kappa shape index (κ2) is 9.08. The fourth-order valence-corrected chi connectivity index (χ4v) is 5.00. The Hall–Kier alpha value is -3.43. The summed E-state index contributed by atoms with van der Waals surface area (Å²) in [6.07, 6.45) is 6.49. The van der Waals surface area contributed by atoms with E-state index in [0.29, 0.717) is 24.9 Å². The van der Waals surface area contributed by atoms with E-state index in [1.54, 1.807) is 0 Å². The first-order chi connectivity index (χ1) is 16.4. The minimum atomic E-state index is -3.18. The number of sulfonamides is 1. The quantitative estimate of drug-likeness (QED) is 0.400. The molecule has 4 aromatic rings. The zero-order valence-electron chi connectivity index (χ0n) is 18.9. The molecule has 5 rings (SSSR count). The molecule has 0 spiro atoms. The molecule has 9 heteroatoms. The molecule has 0 bridgehead atoms. The van der Waals surface area contributed by atoms with E-state index in [2.05, 4.69) is 25.5 Å². The van der Waals surface area contributed by atoms with Gasteiger partial charge in [-0.25, -0.2) is 23.1 Å². The average Bonchev–Trinajstić information content (AvgIpc) is 3.17. The molecule has 0 atom stereocenters. The van der Waals surface area contributed by atoms with Crippen molar-refractivity contribution in [1.82, 2.24) is 19.3 Å². The molecule has 1 aliphatic carbocycles. The third-order valence-corrected chi connectivity index (χ3v) is 6.96. The highest BCUT2D eigenvalue weighted by Gasteiger charge is 2.32. The number of anilines is 1. The lowest BCUT2D eigenvalue weighted by atomic mass is 9.80. The van der Waals surface area contributed by atoms with Gasteiger partial charge in [0.15, 0.2) is 0 Å². The smallest absolute Gasteiger partial charge is 0.208 e. The van der Waals surface area contributed by atoms with Gasteiger partial charge in [-0.2, -0.15) is 0 Å². The number of rotatable bonds is 8. The van der Waals surface area contributed by atoms with Gasteiger partial charge in [-0.1, -0.05) is 42.5 Å². The van der Waals surface area contributed by atoms with E-state index in [-0.39, 0.29) is 6.04 Å². The number of hydrogen-bond donors (Lipinski definition) is 2. The van der Waals surface area contributed by atoms with Crippen molar-refractivity contribution < 1.29 is 13.2 Å². The maximum Gasteiger partial charge on any atom is 0.208 e. The Balaban J connectivity index is 1.40. The van der Waals surface area contributed by atoms with Gasteiger partial charge in [0.25, 0.3) is 0 Å². The minimum absolute atomic E-state index is 0.231. The van der Waals surface area contributed by atoms with E-state index < -0.39 is 10.0 Å². The molecule has 0 radical (unpaired) electrons. The fraction of sp³-hybridized carbons (Fsp3) is 0.280. The number of benzene rings is 2. The van der Waals surface area contributed by atoms with Crippen LogP contribution in [0.25, 0.3) is 22.2 Å². The van der Waals surface area contributed by atoms with Crippen LogP contribution in [0, 0.1) is 5.92 Å². The van der Waals surface area contributed by atoms with Gasteiger partial charge in [-0.05, 0) is 42.0 Å². The van der Waals surface area contributed by atoms with Crippen molar-refractivity contribution in [3.63, 3.8) is 0 Å². The molecule has 3 N–H and O–H groups in total. The summed E-state index contributed by atoms with van der Waals surface area (Å²) in [4.78, 5) is 8.75. The second-order valence-electron chi connectivity index (χ2n) is 8.82. The van der Waals surface area contributed by atoms with Crippen LogP contribution in [0.2, 0.25) is 0 Å². The van der Waals surface area contributed by atoms with E-state index in [9.17, 15) is 8.42 Å². The topological polar surface area (TPSA) is 112 Å². The summed E-state index contributed by atoms with van der Waals surface area (Å²) in [5.74, 6) is 1.51. The molecule has 0 aliphatic heterocycles.